The van der Waals surface area contributed by atoms with E-state index in [0.29, 0.717) is 16.4 Å². The van der Waals surface area contributed by atoms with Gasteiger partial charge in [-0.1, -0.05) is 46.9 Å². The lowest BCUT2D eigenvalue weighted by atomic mass is 10.2. The first-order valence-corrected chi connectivity index (χ1v) is 6.43. The Bertz CT molecular complexity index is 603. The van der Waals surface area contributed by atoms with Crippen LogP contribution in [0.5, 0.6) is 0 Å². The molecule has 0 aliphatic rings. The lowest BCUT2D eigenvalue weighted by molar-refractivity contribution is 0.102. The molecular formula is C13H9Cl3N2O. The molecule has 98 valence electrons. The van der Waals surface area contributed by atoms with E-state index < -0.39 is 5.91 Å². The van der Waals surface area contributed by atoms with Crippen LogP contribution in [0.4, 0.5) is 11.4 Å². The molecule has 0 atom stereocenters. The predicted octanol–water partition coefficient (Wildman–Crippen LogP) is 4.48. The quantitative estimate of drug-likeness (QED) is 0.803. The van der Waals surface area contributed by atoms with Crippen molar-refractivity contribution in [3.8, 4) is 0 Å². The molecule has 3 nitrogen and oxygen atoms in total. The zero-order valence-electron chi connectivity index (χ0n) is 9.58. The van der Waals surface area contributed by atoms with Crippen molar-refractivity contribution in [2.75, 3.05) is 11.1 Å². The maximum atomic E-state index is 12.2. The summed E-state index contributed by atoms with van der Waals surface area (Å²) >= 11 is 17.9. The number of nitrogen functional groups attached to an aromatic ring is 1. The van der Waals surface area contributed by atoms with Gasteiger partial charge in [0.2, 0.25) is 0 Å². The van der Waals surface area contributed by atoms with E-state index in [0.717, 1.165) is 0 Å². The molecule has 0 heterocycles. The number of hydrogen-bond donors (Lipinski definition) is 2. The highest BCUT2D eigenvalue weighted by Gasteiger charge is 2.16. The fourth-order valence-electron chi connectivity index (χ4n) is 1.56. The summed E-state index contributed by atoms with van der Waals surface area (Å²) in [6.07, 6.45) is 0. The monoisotopic (exact) mass is 314 g/mol. The van der Waals surface area contributed by atoms with Gasteiger partial charge in [0.05, 0.1) is 32.0 Å². The summed E-state index contributed by atoms with van der Waals surface area (Å²) in [5.41, 5.74) is 6.65. The van der Waals surface area contributed by atoms with Gasteiger partial charge in [0, 0.05) is 0 Å². The summed E-state index contributed by atoms with van der Waals surface area (Å²) in [4.78, 5) is 12.2. The minimum Gasteiger partial charge on any atom is -0.397 e. The van der Waals surface area contributed by atoms with E-state index in [1.54, 1.807) is 36.4 Å². The van der Waals surface area contributed by atoms with Gasteiger partial charge in [-0.25, -0.2) is 0 Å². The lowest BCUT2D eigenvalue weighted by Crippen LogP contribution is -2.14. The van der Waals surface area contributed by atoms with Gasteiger partial charge in [0.25, 0.3) is 5.91 Å². The largest absolute Gasteiger partial charge is 0.397 e. The zero-order valence-corrected chi connectivity index (χ0v) is 11.9. The van der Waals surface area contributed by atoms with Gasteiger partial charge in [-0.2, -0.15) is 0 Å². The van der Waals surface area contributed by atoms with E-state index in [4.69, 9.17) is 40.5 Å². The number of nitrogens with two attached hydrogens (primary N) is 1. The number of nitrogens with one attached hydrogen (secondary N) is 1. The van der Waals surface area contributed by atoms with Crippen LogP contribution >= 0.6 is 34.8 Å². The third-order valence-electron chi connectivity index (χ3n) is 2.47. The van der Waals surface area contributed by atoms with Gasteiger partial charge in [-0.3, -0.25) is 4.79 Å². The van der Waals surface area contributed by atoms with E-state index in [-0.39, 0.29) is 15.6 Å². The Morgan fingerprint density at radius 3 is 2.05 bits per heavy atom. The summed E-state index contributed by atoms with van der Waals surface area (Å²) in [6, 6.07) is 9.77. The van der Waals surface area contributed by atoms with Crippen LogP contribution < -0.4 is 11.1 Å². The average molecular weight is 316 g/mol. The predicted molar refractivity (Wildman–Crippen MR) is 80.3 cm³/mol. The van der Waals surface area contributed by atoms with Crippen LogP contribution in [0.25, 0.3) is 0 Å². The molecule has 0 aromatic heterocycles. The molecule has 0 saturated heterocycles. The van der Waals surface area contributed by atoms with Crippen LogP contribution in [0.1, 0.15) is 10.4 Å². The molecule has 1 amide bonds. The number of hydrogen-bond acceptors (Lipinski definition) is 2. The number of benzene rings is 2. The van der Waals surface area contributed by atoms with Gasteiger partial charge < -0.3 is 11.1 Å². The Balaban J connectivity index is 2.37. The van der Waals surface area contributed by atoms with Crippen molar-refractivity contribution in [2.45, 2.75) is 0 Å². The van der Waals surface area contributed by atoms with Gasteiger partial charge in [-0.05, 0) is 24.3 Å². The van der Waals surface area contributed by atoms with Crippen molar-refractivity contribution in [1.29, 1.82) is 0 Å². The van der Waals surface area contributed by atoms with E-state index in [9.17, 15) is 4.79 Å². The Labute approximate surface area is 125 Å². The zero-order chi connectivity index (χ0) is 14.0. The van der Waals surface area contributed by atoms with Crippen LogP contribution in [-0.4, -0.2) is 5.91 Å². The first kappa shape index (κ1) is 14.0. The fourth-order valence-corrected chi connectivity index (χ4v) is 2.36. The SMILES string of the molecule is Nc1cccc(Cl)c1NC(=O)c1c(Cl)cccc1Cl. The molecular weight excluding hydrogens is 307 g/mol. The maximum absolute atomic E-state index is 12.2. The summed E-state index contributed by atoms with van der Waals surface area (Å²) < 4.78 is 0. The molecule has 0 aliphatic heterocycles. The number of carbonyl (C=O) groups excluding carboxylic acids is 1. The highest BCUT2D eigenvalue weighted by Crippen LogP contribution is 2.30. The van der Waals surface area contributed by atoms with Crippen molar-refractivity contribution in [3.05, 3.63) is 57.0 Å². The Morgan fingerprint density at radius 2 is 1.47 bits per heavy atom. The van der Waals surface area contributed by atoms with Gasteiger partial charge in [0.1, 0.15) is 0 Å². The van der Waals surface area contributed by atoms with E-state index in [2.05, 4.69) is 5.32 Å². The highest BCUT2D eigenvalue weighted by molar-refractivity contribution is 6.41. The third kappa shape index (κ3) is 2.95. The van der Waals surface area contributed by atoms with E-state index in [1.165, 1.54) is 0 Å². The fraction of sp³-hybridized carbons (Fsp3) is 0. The minimum atomic E-state index is -0.463. The molecule has 0 saturated carbocycles. The molecule has 2 aromatic rings. The molecule has 3 N–H and O–H groups in total. The smallest absolute Gasteiger partial charge is 0.258 e. The number of anilines is 2. The average Bonchev–Trinajstić information content (AvgIpc) is 2.34. The molecule has 0 fully saturated rings. The highest BCUT2D eigenvalue weighted by atomic mass is 35.5. The van der Waals surface area contributed by atoms with Crippen molar-refractivity contribution in [2.24, 2.45) is 0 Å². The van der Waals surface area contributed by atoms with Gasteiger partial charge >= 0.3 is 0 Å². The lowest BCUT2D eigenvalue weighted by Gasteiger charge is -2.11. The second kappa shape index (κ2) is 5.70. The van der Waals surface area contributed by atoms with Crippen molar-refractivity contribution < 1.29 is 4.79 Å². The summed E-state index contributed by atoms with van der Waals surface area (Å²) in [7, 11) is 0. The number of amides is 1. The second-order valence-corrected chi connectivity index (χ2v) is 4.98. The molecule has 0 unspecified atom stereocenters. The molecule has 0 radical (unpaired) electrons. The molecule has 2 aromatic carbocycles. The third-order valence-corrected chi connectivity index (χ3v) is 3.42. The molecule has 19 heavy (non-hydrogen) atoms. The van der Waals surface area contributed by atoms with Gasteiger partial charge in [-0.15, -0.1) is 0 Å². The van der Waals surface area contributed by atoms with E-state index in [1.807, 2.05) is 0 Å². The normalized spacial score (nSPS) is 10.3. The molecule has 0 spiro atoms. The topological polar surface area (TPSA) is 55.1 Å². The standard InChI is InChI=1S/C13H9Cl3N2O/c14-7-3-1-4-8(15)11(7)13(19)18-12-9(16)5-2-6-10(12)17/h1-6H,17H2,(H,18,19). The maximum Gasteiger partial charge on any atom is 0.258 e. The number of halogens is 3. The minimum absolute atomic E-state index is 0.185. The molecule has 0 aliphatic carbocycles. The first-order chi connectivity index (χ1) is 9.00. The van der Waals surface area contributed by atoms with Crippen LogP contribution in [-0.2, 0) is 0 Å². The second-order valence-electron chi connectivity index (χ2n) is 3.75. The molecule has 6 heteroatoms. The molecule has 0 bridgehead atoms. The van der Waals surface area contributed by atoms with Crippen LogP contribution in [0.3, 0.4) is 0 Å². The van der Waals surface area contributed by atoms with Crippen molar-refractivity contribution in [3.63, 3.8) is 0 Å². The molecule has 2 rings (SSSR count). The number of para-hydroxylation sites is 1. The first-order valence-electron chi connectivity index (χ1n) is 5.30. The van der Waals surface area contributed by atoms with Crippen LogP contribution in [0.2, 0.25) is 15.1 Å². The Kier molecular flexibility index (Phi) is 4.20. The van der Waals surface area contributed by atoms with Crippen molar-refractivity contribution >= 4 is 52.1 Å². The van der Waals surface area contributed by atoms with Crippen molar-refractivity contribution in [1.82, 2.24) is 0 Å². The van der Waals surface area contributed by atoms with E-state index >= 15 is 0 Å². The summed E-state index contributed by atoms with van der Waals surface area (Å²) in [5.74, 6) is -0.463. The van der Waals surface area contributed by atoms with Gasteiger partial charge in [0.15, 0.2) is 0 Å². The summed E-state index contributed by atoms with van der Waals surface area (Å²) in [5, 5.41) is 3.48. The van der Waals surface area contributed by atoms with Crippen LogP contribution in [0.15, 0.2) is 36.4 Å². The number of rotatable bonds is 2. The Hall–Kier alpha value is -1.42. The van der Waals surface area contributed by atoms with Crippen LogP contribution in [0, 0.1) is 0 Å². The number of carbonyl (C=O) groups is 1. The Morgan fingerprint density at radius 1 is 0.947 bits per heavy atom. The summed E-state index contributed by atoms with van der Waals surface area (Å²) in [6.45, 7) is 0.